The van der Waals surface area contributed by atoms with Crippen LogP contribution in [0.25, 0.3) is 0 Å². The maximum atomic E-state index is 4.59. The molecule has 0 unspecified atom stereocenters. The standard InChI is InChI=1S/C22H33N5/c1-18-7-6-8-19(15-18)16-27-13-9-20(10-14-27)22-24-23-21(25(22)2)17-26-11-4-3-5-12-26/h6-8,15,20H,3-5,9-14,16-17H2,1-2H3. The largest absolute Gasteiger partial charge is 0.317 e. The van der Waals surface area contributed by atoms with Gasteiger partial charge in [-0.25, -0.2) is 0 Å². The lowest BCUT2D eigenvalue weighted by Gasteiger charge is -2.31. The van der Waals surface area contributed by atoms with Crippen molar-refractivity contribution in [2.24, 2.45) is 7.05 Å². The van der Waals surface area contributed by atoms with E-state index in [0.717, 1.165) is 32.0 Å². The van der Waals surface area contributed by atoms with E-state index in [1.54, 1.807) is 0 Å². The molecule has 5 nitrogen and oxygen atoms in total. The van der Waals surface area contributed by atoms with Gasteiger partial charge in [-0.2, -0.15) is 0 Å². The summed E-state index contributed by atoms with van der Waals surface area (Å²) >= 11 is 0. The van der Waals surface area contributed by atoms with Gasteiger partial charge in [0.05, 0.1) is 6.54 Å². The number of aryl methyl sites for hydroxylation is 1. The summed E-state index contributed by atoms with van der Waals surface area (Å²) in [4.78, 5) is 5.11. The summed E-state index contributed by atoms with van der Waals surface area (Å²) < 4.78 is 2.27. The fraction of sp³-hybridized carbons (Fsp3) is 0.636. The first-order valence-corrected chi connectivity index (χ1v) is 10.6. The Morgan fingerprint density at radius 1 is 0.926 bits per heavy atom. The number of rotatable bonds is 5. The third kappa shape index (κ3) is 4.58. The minimum absolute atomic E-state index is 0.548. The van der Waals surface area contributed by atoms with E-state index in [9.17, 15) is 0 Å². The van der Waals surface area contributed by atoms with Gasteiger partial charge in [-0.3, -0.25) is 9.80 Å². The summed E-state index contributed by atoms with van der Waals surface area (Å²) in [6.45, 7) is 8.90. The number of likely N-dealkylation sites (tertiary alicyclic amines) is 2. The van der Waals surface area contributed by atoms with E-state index in [4.69, 9.17) is 0 Å². The maximum absolute atomic E-state index is 4.59. The molecule has 5 heteroatoms. The van der Waals surface area contributed by atoms with Crippen molar-refractivity contribution in [3.8, 4) is 0 Å². The summed E-state index contributed by atoms with van der Waals surface area (Å²) in [5.74, 6) is 2.87. The Labute approximate surface area is 163 Å². The summed E-state index contributed by atoms with van der Waals surface area (Å²) in [6.07, 6.45) is 6.39. The number of aromatic nitrogens is 3. The van der Waals surface area contributed by atoms with Crippen LogP contribution in [0.2, 0.25) is 0 Å². The highest BCUT2D eigenvalue weighted by Gasteiger charge is 2.25. The van der Waals surface area contributed by atoms with Crippen LogP contribution in [0.3, 0.4) is 0 Å². The van der Waals surface area contributed by atoms with Gasteiger partial charge in [-0.05, 0) is 64.3 Å². The molecule has 2 aliphatic heterocycles. The highest BCUT2D eigenvalue weighted by Crippen LogP contribution is 2.28. The highest BCUT2D eigenvalue weighted by molar-refractivity contribution is 5.22. The summed E-state index contributed by atoms with van der Waals surface area (Å²) in [5.41, 5.74) is 2.78. The van der Waals surface area contributed by atoms with Crippen LogP contribution >= 0.6 is 0 Å². The van der Waals surface area contributed by atoms with Gasteiger partial charge in [-0.15, -0.1) is 10.2 Å². The predicted octanol–water partition coefficient (Wildman–Crippen LogP) is 3.49. The van der Waals surface area contributed by atoms with Crippen molar-refractivity contribution in [3.05, 3.63) is 47.0 Å². The number of nitrogens with zero attached hydrogens (tertiary/aromatic N) is 5. The van der Waals surface area contributed by atoms with Gasteiger partial charge in [0.2, 0.25) is 0 Å². The zero-order valence-corrected chi connectivity index (χ0v) is 16.9. The van der Waals surface area contributed by atoms with Gasteiger partial charge < -0.3 is 4.57 Å². The maximum Gasteiger partial charge on any atom is 0.146 e. The number of hydrogen-bond acceptors (Lipinski definition) is 4. The molecule has 0 radical (unpaired) electrons. The zero-order valence-electron chi connectivity index (χ0n) is 16.9. The molecule has 0 N–H and O–H groups in total. The molecule has 0 bridgehead atoms. The molecular weight excluding hydrogens is 334 g/mol. The Hall–Kier alpha value is -1.72. The second-order valence-electron chi connectivity index (χ2n) is 8.41. The highest BCUT2D eigenvalue weighted by atomic mass is 15.3. The molecular formula is C22H33N5. The summed E-state index contributed by atoms with van der Waals surface area (Å²) in [7, 11) is 2.16. The molecule has 2 aliphatic rings. The molecule has 0 amide bonds. The van der Waals surface area contributed by atoms with Gasteiger partial charge in [0.15, 0.2) is 0 Å². The van der Waals surface area contributed by atoms with Crippen LogP contribution in [0.15, 0.2) is 24.3 Å². The van der Waals surface area contributed by atoms with Crippen LogP contribution in [0, 0.1) is 6.92 Å². The quantitative estimate of drug-likeness (QED) is 0.811. The molecule has 27 heavy (non-hydrogen) atoms. The topological polar surface area (TPSA) is 37.2 Å². The lowest BCUT2D eigenvalue weighted by molar-refractivity contribution is 0.199. The van der Waals surface area contributed by atoms with Crippen molar-refractivity contribution in [1.29, 1.82) is 0 Å². The molecule has 146 valence electrons. The summed E-state index contributed by atoms with van der Waals surface area (Å²) in [6, 6.07) is 8.89. The molecule has 2 aromatic rings. The van der Waals surface area contributed by atoms with Crippen LogP contribution in [0.1, 0.15) is 60.8 Å². The van der Waals surface area contributed by atoms with E-state index in [0.29, 0.717) is 5.92 Å². The van der Waals surface area contributed by atoms with Crippen molar-refractivity contribution in [1.82, 2.24) is 24.6 Å². The number of piperidine rings is 2. The molecule has 0 aliphatic carbocycles. The van der Waals surface area contributed by atoms with E-state index < -0.39 is 0 Å². The van der Waals surface area contributed by atoms with E-state index >= 15 is 0 Å². The van der Waals surface area contributed by atoms with Crippen molar-refractivity contribution in [3.63, 3.8) is 0 Å². The molecule has 2 fully saturated rings. The van der Waals surface area contributed by atoms with Crippen LogP contribution in [0.5, 0.6) is 0 Å². The Morgan fingerprint density at radius 2 is 1.67 bits per heavy atom. The predicted molar refractivity (Wildman–Crippen MR) is 109 cm³/mol. The molecule has 1 aromatic carbocycles. The Morgan fingerprint density at radius 3 is 2.41 bits per heavy atom. The fourth-order valence-corrected chi connectivity index (χ4v) is 4.60. The molecule has 0 atom stereocenters. The van der Waals surface area contributed by atoms with Crippen LogP contribution in [-0.4, -0.2) is 50.7 Å². The zero-order chi connectivity index (χ0) is 18.6. The molecule has 0 spiro atoms. The Kier molecular flexibility index (Phi) is 5.89. The van der Waals surface area contributed by atoms with Crippen LogP contribution in [0.4, 0.5) is 0 Å². The lowest BCUT2D eigenvalue weighted by Crippen LogP contribution is -2.33. The summed E-state index contributed by atoms with van der Waals surface area (Å²) in [5, 5.41) is 9.13. The molecule has 4 rings (SSSR count). The number of benzene rings is 1. The Bertz CT molecular complexity index is 739. The minimum Gasteiger partial charge on any atom is -0.317 e. The SMILES string of the molecule is Cc1cccc(CN2CCC(c3nnc(CN4CCCCC4)n3C)CC2)c1. The smallest absolute Gasteiger partial charge is 0.146 e. The van der Waals surface area contributed by atoms with Gasteiger partial charge >= 0.3 is 0 Å². The van der Waals surface area contributed by atoms with Crippen molar-refractivity contribution < 1.29 is 0 Å². The first-order valence-electron chi connectivity index (χ1n) is 10.6. The molecule has 0 saturated carbocycles. The first-order chi connectivity index (χ1) is 13.2. The van der Waals surface area contributed by atoms with Crippen molar-refractivity contribution in [2.45, 2.75) is 58.0 Å². The second kappa shape index (κ2) is 8.53. The van der Waals surface area contributed by atoms with Crippen LogP contribution in [-0.2, 0) is 20.1 Å². The van der Waals surface area contributed by atoms with Gasteiger partial charge in [-0.1, -0.05) is 36.2 Å². The van der Waals surface area contributed by atoms with Gasteiger partial charge in [0.1, 0.15) is 11.6 Å². The minimum atomic E-state index is 0.548. The first kappa shape index (κ1) is 18.6. The Balaban J connectivity index is 1.33. The fourth-order valence-electron chi connectivity index (χ4n) is 4.60. The average molecular weight is 368 g/mol. The van der Waals surface area contributed by atoms with E-state index in [1.807, 2.05) is 0 Å². The molecule has 2 saturated heterocycles. The van der Waals surface area contributed by atoms with E-state index in [-0.39, 0.29) is 0 Å². The number of hydrogen-bond donors (Lipinski definition) is 0. The second-order valence-corrected chi connectivity index (χ2v) is 8.41. The van der Waals surface area contributed by atoms with E-state index in [2.05, 4.69) is 62.8 Å². The van der Waals surface area contributed by atoms with Gasteiger partial charge in [0, 0.05) is 19.5 Å². The monoisotopic (exact) mass is 367 g/mol. The van der Waals surface area contributed by atoms with Crippen molar-refractivity contribution in [2.75, 3.05) is 26.2 Å². The normalized spacial score (nSPS) is 20.2. The molecule has 3 heterocycles. The van der Waals surface area contributed by atoms with Crippen molar-refractivity contribution >= 4 is 0 Å². The third-order valence-electron chi connectivity index (χ3n) is 6.25. The van der Waals surface area contributed by atoms with E-state index in [1.165, 1.54) is 62.1 Å². The molecule has 1 aromatic heterocycles. The third-order valence-corrected chi connectivity index (χ3v) is 6.25. The lowest BCUT2D eigenvalue weighted by atomic mass is 9.95. The average Bonchev–Trinajstić information content (AvgIpc) is 3.04. The van der Waals surface area contributed by atoms with Gasteiger partial charge in [0.25, 0.3) is 0 Å². The van der Waals surface area contributed by atoms with Crippen LogP contribution < -0.4 is 0 Å².